The molecule has 0 spiro atoms. The van der Waals surface area contributed by atoms with E-state index in [9.17, 15) is 0 Å². The SMILES string of the molecule is C=C(C)N[N+](C)=Cc1ccccc1. The monoisotopic (exact) mass is 175 g/mol. The van der Waals surface area contributed by atoms with Crippen LogP contribution in [0.4, 0.5) is 0 Å². The summed E-state index contributed by atoms with van der Waals surface area (Å²) in [6.45, 7) is 5.69. The summed E-state index contributed by atoms with van der Waals surface area (Å²) in [5.74, 6) is 0. The predicted octanol–water partition coefficient (Wildman–Crippen LogP) is 1.79. The number of hydrazine groups is 1. The zero-order valence-corrected chi connectivity index (χ0v) is 8.12. The Kier molecular flexibility index (Phi) is 3.26. The number of allylic oxidation sites excluding steroid dienone is 1. The Labute approximate surface area is 79.2 Å². The molecule has 2 heteroatoms. The van der Waals surface area contributed by atoms with Crippen LogP contribution in [0, 0.1) is 0 Å². The number of rotatable bonds is 3. The van der Waals surface area contributed by atoms with Gasteiger partial charge in [-0.05, 0) is 19.1 Å². The summed E-state index contributed by atoms with van der Waals surface area (Å²) < 4.78 is 1.89. The molecule has 1 rings (SSSR count). The van der Waals surface area contributed by atoms with Gasteiger partial charge in [0.25, 0.3) is 0 Å². The maximum atomic E-state index is 3.76. The normalized spacial score (nSPS) is 11.1. The Morgan fingerprint density at radius 3 is 2.54 bits per heavy atom. The maximum Gasteiger partial charge on any atom is 0.200 e. The highest BCUT2D eigenvalue weighted by Gasteiger charge is 1.95. The summed E-state index contributed by atoms with van der Waals surface area (Å²) in [7, 11) is 1.95. The van der Waals surface area contributed by atoms with Crippen LogP contribution in [0.3, 0.4) is 0 Å². The lowest BCUT2D eigenvalue weighted by molar-refractivity contribution is -0.546. The van der Waals surface area contributed by atoms with Crippen LogP contribution in [0.5, 0.6) is 0 Å². The number of nitrogens with zero attached hydrogens (tertiary/aromatic N) is 1. The fourth-order valence-electron chi connectivity index (χ4n) is 1.10. The second-order valence-corrected chi connectivity index (χ2v) is 3.04. The molecule has 0 saturated carbocycles. The third-order valence-corrected chi connectivity index (χ3v) is 1.51. The van der Waals surface area contributed by atoms with Gasteiger partial charge in [-0.3, -0.25) is 0 Å². The second kappa shape index (κ2) is 4.45. The van der Waals surface area contributed by atoms with Crippen LogP contribution in [-0.4, -0.2) is 17.9 Å². The van der Waals surface area contributed by atoms with Crippen molar-refractivity contribution in [1.29, 1.82) is 0 Å². The van der Waals surface area contributed by atoms with E-state index in [-0.39, 0.29) is 0 Å². The molecule has 0 aromatic heterocycles. The Bertz CT molecular complexity index is 312. The molecule has 0 fully saturated rings. The summed E-state index contributed by atoms with van der Waals surface area (Å²) in [5.41, 5.74) is 5.17. The van der Waals surface area contributed by atoms with Crippen molar-refractivity contribution in [3.05, 3.63) is 48.2 Å². The van der Waals surface area contributed by atoms with Crippen molar-refractivity contribution in [3.63, 3.8) is 0 Å². The standard InChI is InChI=1S/C11H15N2/c1-10(2)12-13(3)9-11-7-5-4-6-8-11/h4-9,12H,1H2,2-3H3/q+1. The second-order valence-electron chi connectivity index (χ2n) is 3.04. The lowest BCUT2D eigenvalue weighted by Gasteiger charge is -1.98. The van der Waals surface area contributed by atoms with E-state index in [4.69, 9.17) is 0 Å². The first-order valence-corrected chi connectivity index (χ1v) is 4.23. The van der Waals surface area contributed by atoms with E-state index < -0.39 is 0 Å². The quantitative estimate of drug-likeness (QED) is 0.420. The summed E-state index contributed by atoms with van der Waals surface area (Å²) in [5, 5.41) is 0. The van der Waals surface area contributed by atoms with Gasteiger partial charge in [-0.15, -0.1) is 4.68 Å². The van der Waals surface area contributed by atoms with Crippen molar-refractivity contribution >= 4 is 6.21 Å². The molecule has 0 aliphatic carbocycles. The Morgan fingerprint density at radius 2 is 2.00 bits per heavy atom. The summed E-state index contributed by atoms with van der Waals surface area (Å²) in [4.78, 5) is 0. The van der Waals surface area contributed by atoms with Crippen LogP contribution in [-0.2, 0) is 0 Å². The van der Waals surface area contributed by atoms with E-state index in [1.165, 1.54) is 5.56 Å². The minimum Gasteiger partial charge on any atom is -0.171 e. The van der Waals surface area contributed by atoms with Crippen molar-refractivity contribution in [2.24, 2.45) is 0 Å². The maximum absolute atomic E-state index is 3.76. The highest BCUT2D eigenvalue weighted by atomic mass is 15.4. The molecule has 0 heterocycles. The molecule has 0 atom stereocenters. The molecule has 2 nitrogen and oxygen atoms in total. The molecule has 0 aliphatic rings. The van der Waals surface area contributed by atoms with Crippen molar-refractivity contribution in [1.82, 2.24) is 5.43 Å². The molecule has 0 unspecified atom stereocenters. The van der Waals surface area contributed by atoms with Crippen molar-refractivity contribution < 1.29 is 4.68 Å². The molecule has 0 radical (unpaired) electrons. The average Bonchev–Trinajstić information content (AvgIpc) is 2.04. The molecule has 68 valence electrons. The van der Waals surface area contributed by atoms with Crippen molar-refractivity contribution in [2.75, 3.05) is 7.05 Å². The van der Waals surface area contributed by atoms with Gasteiger partial charge in [0.1, 0.15) is 0 Å². The molecule has 1 aromatic rings. The largest absolute Gasteiger partial charge is 0.200 e. The van der Waals surface area contributed by atoms with E-state index in [0.29, 0.717) is 0 Å². The Balaban J connectivity index is 2.71. The average molecular weight is 175 g/mol. The van der Waals surface area contributed by atoms with Gasteiger partial charge in [0.15, 0.2) is 7.05 Å². The van der Waals surface area contributed by atoms with Gasteiger partial charge in [-0.1, -0.05) is 24.8 Å². The predicted molar refractivity (Wildman–Crippen MR) is 55.7 cm³/mol. The van der Waals surface area contributed by atoms with E-state index >= 15 is 0 Å². The lowest BCUT2D eigenvalue weighted by Crippen LogP contribution is -2.24. The highest BCUT2D eigenvalue weighted by Crippen LogP contribution is 1.93. The van der Waals surface area contributed by atoms with Gasteiger partial charge in [0.2, 0.25) is 6.21 Å². The molecule has 1 N–H and O–H groups in total. The van der Waals surface area contributed by atoms with Gasteiger partial charge >= 0.3 is 0 Å². The molecular formula is C11H15N2+. The van der Waals surface area contributed by atoms with Gasteiger partial charge < -0.3 is 0 Å². The fraction of sp³-hybridized carbons (Fsp3) is 0.182. The fourth-order valence-corrected chi connectivity index (χ4v) is 1.10. The van der Waals surface area contributed by atoms with Gasteiger partial charge in [-0.2, -0.15) is 5.43 Å². The van der Waals surface area contributed by atoms with Crippen LogP contribution >= 0.6 is 0 Å². The zero-order chi connectivity index (χ0) is 9.68. The lowest BCUT2D eigenvalue weighted by atomic mass is 10.2. The third kappa shape index (κ3) is 3.56. The van der Waals surface area contributed by atoms with Gasteiger partial charge in [-0.25, -0.2) is 0 Å². The van der Waals surface area contributed by atoms with Crippen molar-refractivity contribution in [3.8, 4) is 0 Å². The van der Waals surface area contributed by atoms with Gasteiger partial charge in [0.05, 0.1) is 5.70 Å². The molecular weight excluding hydrogens is 160 g/mol. The summed E-state index contributed by atoms with van der Waals surface area (Å²) in [6.07, 6.45) is 2.01. The number of hydrogen-bond donors (Lipinski definition) is 1. The van der Waals surface area contributed by atoms with E-state index in [1.54, 1.807) is 0 Å². The molecule has 1 aromatic carbocycles. The number of hydrogen-bond acceptors (Lipinski definition) is 1. The first kappa shape index (κ1) is 9.52. The minimum absolute atomic E-state index is 0.926. The number of benzene rings is 1. The Hall–Kier alpha value is -1.57. The van der Waals surface area contributed by atoms with Crippen LogP contribution < -0.4 is 5.43 Å². The molecule has 0 aliphatic heterocycles. The molecule has 0 bridgehead atoms. The number of nitrogens with one attached hydrogen (secondary N) is 1. The summed E-state index contributed by atoms with van der Waals surface area (Å²) in [6, 6.07) is 10.1. The molecule has 0 saturated heterocycles. The van der Waals surface area contributed by atoms with E-state index in [1.807, 2.05) is 43.1 Å². The van der Waals surface area contributed by atoms with Gasteiger partial charge in [0, 0.05) is 5.56 Å². The van der Waals surface area contributed by atoms with E-state index in [2.05, 4.69) is 24.1 Å². The zero-order valence-electron chi connectivity index (χ0n) is 8.12. The highest BCUT2D eigenvalue weighted by molar-refractivity contribution is 5.75. The minimum atomic E-state index is 0.926. The van der Waals surface area contributed by atoms with Crippen LogP contribution in [0.1, 0.15) is 12.5 Å². The number of hydrazone groups is 1. The topological polar surface area (TPSA) is 15.0 Å². The molecule has 0 amide bonds. The van der Waals surface area contributed by atoms with E-state index in [0.717, 1.165) is 5.70 Å². The van der Waals surface area contributed by atoms with Crippen molar-refractivity contribution in [2.45, 2.75) is 6.92 Å². The van der Waals surface area contributed by atoms with Crippen LogP contribution in [0.2, 0.25) is 0 Å². The molecule has 13 heavy (non-hydrogen) atoms. The van der Waals surface area contributed by atoms with Crippen LogP contribution in [0.25, 0.3) is 0 Å². The van der Waals surface area contributed by atoms with Crippen LogP contribution in [0.15, 0.2) is 42.6 Å². The first-order valence-electron chi connectivity index (χ1n) is 4.23. The Morgan fingerprint density at radius 1 is 1.38 bits per heavy atom. The third-order valence-electron chi connectivity index (χ3n) is 1.51. The smallest absolute Gasteiger partial charge is 0.171 e. The first-order chi connectivity index (χ1) is 6.18. The summed E-state index contributed by atoms with van der Waals surface area (Å²) >= 11 is 0.